The van der Waals surface area contributed by atoms with Gasteiger partial charge in [-0.3, -0.25) is 28.2 Å². The summed E-state index contributed by atoms with van der Waals surface area (Å²) in [6, 6.07) is 9.17. The van der Waals surface area contributed by atoms with Crippen molar-refractivity contribution in [2.45, 2.75) is 262 Å². The zero-order chi connectivity index (χ0) is 102. The molecule has 0 aliphatic carbocycles. The summed E-state index contributed by atoms with van der Waals surface area (Å²) in [4.78, 5) is 157. The second-order valence-corrected chi connectivity index (χ2v) is 42.2. The molecule has 5 aromatic heterocycles. The number of esters is 5. The number of nitrogens with one attached hydrogen (secondary N) is 6. The lowest BCUT2D eigenvalue weighted by Gasteiger charge is -2.24. The highest BCUT2D eigenvalue weighted by molar-refractivity contribution is 7.86. The minimum absolute atomic E-state index is 0.0221. The summed E-state index contributed by atoms with van der Waals surface area (Å²) in [5, 5.41) is 2.85. The number of hydrogen-bond donors (Lipinski definition) is 6. The fraction of sp³-hybridized carbons (Fsp3) is 0.585. The number of H-pyrrole nitrogens is 5. The largest absolute Gasteiger partial charge is 0.462 e. The zero-order valence-corrected chi connectivity index (χ0v) is 86.3. The molecule has 140 heavy (non-hydrogen) atoms. The van der Waals surface area contributed by atoms with Crippen LogP contribution >= 0.6 is 0 Å². The number of carbonyl (C=O) groups is 10. The molecule has 0 unspecified atom stereocenters. The first kappa shape index (κ1) is 109. The van der Waals surface area contributed by atoms with Crippen molar-refractivity contribution in [3.05, 3.63) is 166 Å². The van der Waals surface area contributed by atoms with Crippen molar-refractivity contribution in [1.29, 1.82) is 0 Å². The van der Waals surface area contributed by atoms with Crippen LogP contribution in [0.25, 0.3) is 22.8 Å². The van der Waals surface area contributed by atoms with E-state index in [-0.39, 0.29) is 65.6 Å². The van der Waals surface area contributed by atoms with Crippen LogP contribution in [0, 0.1) is 46.3 Å². The standard InChI is InChI=1S/C30H30F2N4O2.C23H38N2O4.C20H31N3O3.C17H27NO7S.C16H23N3O2/c1-18-25(33-23-11-6-14-36(30(38)26(18)23)16-15-35-12-2-3-13-35)17-21-27-19(7-5-10-24(27)34-29(21)37)20-8-4-9-22(31)28(20)32;1-6-28-21(26)19-17(2)20(22(27)29-23(3,4)5)24-18(19)13-9-7-8-10-14-25-15-11-12-16-25;1-14-16-15(21-17(14)19(25)26-20(2,3)4)8-7-11-23(18(16)24)13-12-22-9-5-6-10-22;1-7-23-15(19)13-11(2)14(16(20)25-17(3,4)5)18-12(13)9-8-10-24-26(6,21)22;1-12-14(11-20)17-13-5-4-8-19(16(21)15(12)13)10-9-18-6-2-3-7-18/h4-5,7-10,17,33H,2-3,6,11-16H2,1H3,(H,34,37);24H,6-16H2,1-5H3;21H,5-13H2,1-4H3;18H,7-10H2,1-6H3;11,17H,2-10H2,1H3/b21-17-;;;;. The van der Waals surface area contributed by atoms with E-state index in [4.69, 9.17) is 27.9 Å². The number of likely N-dealkylation sites (tertiary alicyclic amines) is 4. The molecule has 0 radical (unpaired) electrons. The summed E-state index contributed by atoms with van der Waals surface area (Å²) in [5.74, 6) is -4.39. The summed E-state index contributed by atoms with van der Waals surface area (Å²) in [7, 11) is -3.53. The first-order chi connectivity index (χ1) is 66.5. The molecule has 766 valence electrons. The zero-order valence-electron chi connectivity index (χ0n) is 85.5. The molecule has 0 spiro atoms. The van der Waals surface area contributed by atoms with Gasteiger partial charge in [-0.2, -0.15) is 8.42 Å². The number of nitrogens with zero attached hydrogens (tertiary/aromatic N) is 7. The average molecular weight is 1960 g/mol. The molecule has 8 aliphatic rings. The van der Waals surface area contributed by atoms with Crippen molar-refractivity contribution in [1.82, 2.24) is 59.2 Å². The Morgan fingerprint density at radius 1 is 0.421 bits per heavy atom. The summed E-state index contributed by atoms with van der Waals surface area (Å²) < 4.78 is 82.2. The smallest absolute Gasteiger partial charge is 0.355 e. The number of unbranched alkanes of at least 4 members (excludes halogenated alkanes) is 3. The lowest BCUT2D eigenvalue weighted by molar-refractivity contribution is -0.110. The van der Waals surface area contributed by atoms with Gasteiger partial charge in [-0.15, -0.1) is 0 Å². The Bertz CT molecular complexity index is 5690. The number of anilines is 1. The van der Waals surface area contributed by atoms with Crippen LogP contribution in [0.5, 0.6) is 0 Å². The van der Waals surface area contributed by atoms with Gasteiger partial charge < -0.3 is 88.2 Å². The minimum Gasteiger partial charge on any atom is -0.462 e. The molecule has 31 nitrogen and oxygen atoms in total. The number of aldehydes is 1. The highest BCUT2D eigenvalue weighted by Crippen LogP contribution is 2.43. The van der Waals surface area contributed by atoms with Gasteiger partial charge in [0.15, 0.2) is 17.9 Å². The molecule has 8 aliphatic heterocycles. The Kier molecular flexibility index (Phi) is 38.8. The van der Waals surface area contributed by atoms with Crippen LogP contribution in [0.4, 0.5) is 14.5 Å². The van der Waals surface area contributed by atoms with Gasteiger partial charge in [0.25, 0.3) is 33.7 Å². The number of hydrogen-bond acceptors (Lipinski definition) is 22. The summed E-state index contributed by atoms with van der Waals surface area (Å²) in [6.07, 6.45) is 24.6. The Morgan fingerprint density at radius 3 is 1.22 bits per heavy atom. The van der Waals surface area contributed by atoms with E-state index in [1.165, 1.54) is 96.0 Å². The number of benzene rings is 2. The van der Waals surface area contributed by atoms with Crippen LogP contribution in [0.2, 0.25) is 0 Å². The van der Waals surface area contributed by atoms with E-state index in [1.54, 1.807) is 72.7 Å². The van der Waals surface area contributed by atoms with Crippen molar-refractivity contribution < 1.29 is 93.0 Å². The van der Waals surface area contributed by atoms with Gasteiger partial charge in [-0.1, -0.05) is 37.1 Å². The number of aromatic amines is 5. The minimum atomic E-state index is -3.53. The molecule has 4 amide bonds. The van der Waals surface area contributed by atoms with Crippen molar-refractivity contribution in [3.8, 4) is 11.1 Å². The van der Waals surface area contributed by atoms with E-state index in [9.17, 15) is 65.1 Å². The van der Waals surface area contributed by atoms with Crippen LogP contribution in [0.15, 0.2) is 36.4 Å². The Hall–Kier alpha value is -10.9. The number of aromatic nitrogens is 5. The number of aryl methyl sites for hydroxylation is 5. The molecule has 6 N–H and O–H groups in total. The monoisotopic (exact) mass is 1960 g/mol. The Morgan fingerprint density at radius 2 is 0.800 bits per heavy atom. The molecule has 0 atom stereocenters. The molecular formula is C106H149F2N13O18S. The highest BCUT2D eigenvalue weighted by Gasteiger charge is 2.38. The van der Waals surface area contributed by atoms with Crippen LogP contribution in [0.3, 0.4) is 0 Å². The van der Waals surface area contributed by atoms with Gasteiger partial charge in [0.2, 0.25) is 0 Å². The first-order valence-electron chi connectivity index (χ1n) is 50.3. The predicted molar refractivity (Wildman–Crippen MR) is 535 cm³/mol. The van der Waals surface area contributed by atoms with E-state index in [1.807, 2.05) is 77.0 Å². The molecule has 15 rings (SSSR count). The third-order valence-corrected chi connectivity index (χ3v) is 27.0. The average Bonchev–Trinajstić information content (AvgIpc) is 1.59. The fourth-order valence-electron chi connectivity index (χ4n) is 19.5. The van der Waals surface area contributed by atoms with E-state index >= 15 is 0 Å². The van der Waals surface area contributed by atoms with E-state index in [2.05, 4.69) is 49.8 Å². The van der Waals surface area contributed by atoms with E-state index in [0.29, 0.717) is 110 Å². The molecular weight excluding hydrogens is 1810 g/mol. The lowest BCUT2D eigenvalue weighted by Crippen LogP contribution is -2.38. The fourth-order valence-corrected chi connectivity index (χ4v) is 19.9. The quantitative estimate of drug-likeness (QED) is 0.00587. The number of halogens is 2. The van der Waals surface area contributed by atoms with Crippen molar-refractivity contribution in [2.24, 2.45) is 0 Å². The molecule has 0 bridgehead atoms. The number of rotatable bonds is 31. The predicted octanol–water partition coefficient (Wildman–Crippen LogP) is 16.6. The topological polar surface area (TPSA) is 374 Å². The number of fused-ring (bicyclic) bond motifs is 4. The number of amides is 4. The van der Waals surface area contributed by atoms with Gasteiger partial charge in [0.05, 0.1) is 65.2 Å². The van der Waals surface area contributed by atoms with Crippen LogP contribution < -0.4 is 5.32 Å². The maximum atomic E-state index is 14.8. The summed E-state index contributed by atoms with van der Waals surface area (Å²) in [6.45, 7) is 47.1. The molecule has 0 saturated carbocycles. The maximum Gasteiger partial charge on any atom is 0.355 e. The van der Waals surface area contributed by atoms with E-state index < -0.39 is 56.5 Å². The molecule has 4 fully saturated rings. The second kappa shape index (κ2) is 49.7. The van der Waals surface area contributed by atoms with E-state index in [0.717, 1.165) is 207 Å². The van der Waals surface area contributed by atoms with Crippen molar-refractivity contribution in [3.63, 3.8) is 0 Å². The second-order valence-electron chi connectivity index (χ2n) is 40.6. The summed E-state index contributed by atoms with van der Waals surface area (Å²) in [5.41, 5.74) is 12.4. The normalized spacial score (nSPS) is 16.8. The van der Waals surface area contributed by atoms with Crippen LogP contribution in [-0.2, 0) is 74.9 Å². The highest BCUT2D eigenvalue weighted by atomic mass is 32.2. The molecule has 13 heterocycles. The molecule has 7 aromatic rings. The summed E-state index contributed by atoms with van der Waals surface area (Å²) >= 11 is 0. The Labute approximate surface area is 823 Å². The lowest BCUT2D eigenvalue weighted by atomic mass is 9.93. The van der Waals surface area contributed by atoms with Gasteiger partial charge in [0.1, 0.15) is 33.9 Å². The molecule has 4 saturated heterocycles. The van der Waals surface area contributed by atoms with Gasteiger partial charge in [0, 0.05) is 110 Å². The molecule has 34 heteroatoms. The number of ether oxygens (including phenoxy) is 5. The van der Waals surface area contributed by atoms with Crippen LogP contribution in [0.1, 0.15) is 340 Å². The molecule has 2 aromatic carbocycles. The van der Waals surface area contributed by atoms with Gasteiger partial charge >= 0.3 is 29.8 Å². The SMILES string of the molecule is CCOC(=O)c1c(CCCCCCN2CCCC2)[nH]c(C(=O)OC(C)(C)C)c1C.CCOC(=O)c1c(CCCOS(C)(=O)=O)[nH]c(C(=O)OC(C)(C)C)c1C.Cc1c(/C=C2\C(=O)Nc3cccc(-c4cccc(F)c4F)c32)[nH]c2c1C(=O)N(CCN1CCCC1)CCC2.Cc1c(C(=O)OC(C)(C)C)[nH]c2c1C(=O)N(CCN1CCCC1)CCC2.Cc1c(C=O)[nH]c2c1C(=O)N(CCN1CCCC1)CCC2. The first-order valence-corrected chi connectivity index (χ1v) is 52.1. The van der Waals surface area contributed by atoms with Crippen molar-refractivity contribution in [2.75, 3.05) is 149 Å². The third kappa shape index (κ3) is 29.4. The Balaban J connectivity index is 0.000000170. The van der Waals surface area contributed by atoms with Crippen molar-refractivity contribution >= 4 is 87.2 Å². The number of carbonyl (C=O) groups excluding carboxylic acids is 10. The van der Waals surface area contributed by atoms with Gasteiger partial charge in [-0.05, 0) is 343 Å². The van der Waals surface area contributed by atoms with Gasteiger partial charge in [-0.25, -0.2) is 32.8 Å². The van der Waals surface area contributed by atoms with Crippen LogP contribution in [-0.4, -0.2) is 288 Å². The maximum absolute atomic E-state index is 14.8. The third-order valence-electron chi connectivity index (χ3n) is 26.4.